The molecule has 16 heavy (non-hydrogen) atoms. The molecule has 2 atom stereocenters. The molecule has 1 aromatic rings. The lowest BCUT2D eigenvalue weighted by molar-refractivity contribution is -0.139. The highest BCUT2D eigenvalue weighted by molar-refractivity contribution is 5.77. The van der Waals surface area contributed by atoms with Crippen LogP contribution < -0.4 is 5.32 Å². The van der Waals surface area contributed by atoms with Gasteiger partial charge in [-0.3, -0.25) is 0 Å². The van der Waals surface area contributed by atoms with E-state index in [0.717, 1.165) is 12.1 Å². The highest BCUT2D eigenvalue weighted by Gasteiger charge is 2.31. The molecule has 1 aliphatic rings. The first-order valence-electron chi connectivity index (χ1n) is 5.39. The fourth-order valence-electron chi connectivity index (χ4n) is 1.91. The average Bonchev–Trinajstić information content (AvgIpc) is 2.80. The van der Waals surface area contributed by atoms with Crippen molar-refractivity contribution in [1.29, 1.82) is 0 Å². The van der Waals surface area contributed by atoms with Gasteiger partial charge in [0.15, 0.2) is 0 Å². The van der Waals surface area contributed by atoms with Crippen LogP contribution in [0.15, 0.2) is 30.3 Å². The number of anilines is 1. The Labute approximate surface area is 94.2 Å². The standard InChI is InChI=1S/C12H15NO3/c14-12(15)11(9-6-7-16-8-9)13-10-4-2-1-3-5-10/h1-5,9,11,13H,6-8H2,(H,14,15). The Balaban J connectivity index is 2.05. The average molecular weight is 221 g/mol. The Morgan fingerprint density at radius 3 is 2.75 bits per heavy atom. The second-order valence-corrected chi connectivity index (χ2v) is 3.95. The largest absolute Gasteiger partial charge is 0.480 e. The van der Waals surface area contributed by atoms with Crippen molar-refractivity contribution in [1.82, 2.24) is 0 Å². The van der Waals surface area contributed by atoms with E-state index in [9.17, 15) is 9.90 Å². The first-order chi connectivity index (χ1) is 7.77. The van der Waals surface area contributed by atoms with Gasteiger partial charge in [0.05, 0.1) is 6.61 Å². The molecule has 4 nitrogen and oxygen atoms in total. The molecule has 1 fully saturated rings. The number of carboxylic acids is 1. The molecule has 2 unspecified atom stereocenters. The van der Waals surface area contributed by atoms with E-state index in [1.165, 1.54) is 0 Å². The number of benzene rings is 1. The Bertz CT molecular complexity index is 347. The van der Waals surface area contributed by atoms with Crippen LogP contribution in [-0.4, -0.2) is 30.3 Å². The number of rotatable bonds is 4. The van der Waals surface area contributed by atoms with Crippen molar-refractivity contribution in [3.63, 3.8) is 0 Å². The van der Waals surface area contributed by atoms with Crippen LogP contribution in [0, 0.1) is 5.92 Å². The molecule has 0 aromatic heterocycles. The Morgan fingerprint density at radius 1 is 1.44 bits per heavy atom. The molecule has 0 saturated carbocycles. The van der Waals surface area contributed by atoms with Gasteiger partial charge in [-0.05, 0) is 18.6 Å². The van der Waals surface area contributed by atoms with E-state index < -0.39 is 12.0 Å². The summed E-state index contributed by atoms with van der Waals surface area (Å²) in [6, 6.07) is 8.83. The van der Waals surface area contributed by atoms with Gasteiger partial charge in [-0.2, -0.15) is 0 Å². The summed E-state index contributed by atoms with van der Waals surface area (Å²) in [5.74, 6) is -0.767. The molecule has 0 aliphatic carbocycles. The van der Waals surface area contributed by atoms with E-state index in [4.69, 9.17) is 4.74 Å². The van der Waals surface area contributed by atoms with Crippen LogP contribution in [0.4, 0.5) is 5.69 Å². The van der Waals surface area contributed by atoms with Crippen LogP contribution in [0.1, 0.15) is 6.42 Å². The van der Waals surface area contributed by atoms with E-state index in [1.807, 2.05) is 30.3 Å². The molecule has 0 bridgehead atoms. The predicted octanol–water partition coefficient (Wildman–Crippen LogP) is 1.59. The van der Waals surface area contributed by atoms with Gasteiger partial charge in [0, 0.05) is 18.2 Å². The molecule has 1 saturated heterocycles. The van der Waals surface area contributed by atoms with Crippen LogP contribution in [0.3, 0.4) is 0 Å². The maximum Gasteiger partial charge on any atom is 0.326 e. The summed E-state index contributed by atoms with van der Waals surface area (Å²) in [7, 11) is 0. The van der Waals surface area contributed by atoms with Gasteiger partial charge < -0.3 is 15.2 Å². The predicted molar refractivity (Wildman–Crippen MR) is 60.4 cm³/mol. The quantitative estimate of drug-likeness (QED) is 0.810. The summed E-state index contributed by atoms with van der Waals surface area (Å²) in [4.78, 5) is 11.2. The molecule has 2 rings (SSSR count). The fourth-order valence-corrected chi connectivity index (χ4v) is 1.91. The molecular weight excluding hydrogens is 206 g/mol. The molecule has 86 valence electrons. The number of para-hydroxylation sites is 1. The summed E-state index contributed by atoms with van der Waals surface area (Å²) in [6.07, 6.45) is 0.802. The number of hydrogen-bond acceptors (Lipinski definition) is 3. The molecule has 0 spiro atoms. The third-order valence-electron chi connectivity index (χ3n) is 2.80. The van der Waals surface area contributed by atoms with Gasteiger partial charge in [-0.1, -0.05) is 18.2 Å². The number of hydrogen-bond donors (Lipinski definition) is 2. The SMILES string of the molecule is O=C(O)C(Nc1ccccc1)C1CCOC1. The lowest BCUT2D eigenvalue weighted by atomic mass is 9.99. The Morgan fingerprint density at radius 2 is 2.19 bits per heavy atom. The minimum atomic E-state index is -0.820. The van der Waals surface area contributed by atoms with Crippen molar-refractivity contribution in [2.75, 3.05) is 18.5 Å². The molecule has 4 heteroatoms. The van der Waals surface area contributed by atoms with Gasteiger partial charge in [-0.25, -0.2) is 4.79 Å². The van der Waals surface area contributed by atoms with E-state index in [0.29, 0.717) is 13.2 Å². The number of carbonyl (C=O) groups is 1. The molecule has 1 aromatic carbocycles. The second kappa shape index (κ2) is 4.99. The highest BCUT2D eigenvalue weighted by Crippen LogP contribution is 2.20. The van der Waals surface area contributed by atoms with E-state index in [1.54, 1.807) is 0 Å². The van der Waals surface area contributed by atoms with Crippen molar-refractivity contribution in [3.8, 4) is 0 Å². The second-order valence-electron chi connectivity index (χ2n) is 3.95. The van der Waals surface area contributed by atoms with Gasteiger partial charge >= 0.3 is 5.97 Å². The molecule has 1 heterocycles. The Hall–Kier alpha value is -1.55. The van der Waals surface area contributed by atoms with E-state index in [2.05, 4.69) is 5.32 Å². The first kappa shape index (κ1) is 11.0. The van der Waals surface area contributed by atoms with E-state index in [-0.39, 0.29) is 5.92 Å². The number of nitrogens with one attached hydrogen (secondary N) is 1. The van der Waals surface area contributed by atoms with Crippen molar-refractivity contribution < 1.29 is 14.6 Å². The summed E-state index contributed by atoms with van der Waals surface area (Å²) >= 11 is 0. The summed E-state index contributed by atoms with van der Waals surface area (Å²) in [6.45, 7) is 1.18. The normalized spacial score (nSPS) is 21.6. The van der Waals surface area contributed by atoms with Crippen LogP contribution in [-0.2, 0) is 9.53 Å². The maximum atomic E-state index is 11.2. The lowest BCUT2D eigenvalue weighted by Crippen LogP contribution is -2.37. The zero-order valence-corrected chi connectivity index (χ0v) is 8.93. The topological polar surface area (TPSA) is 58.6 Å². The molecule has 1 aliphatic heterocycles. The van der Waals surface area contributed by atoms with Crippen molar-refractivity contribution in [2.24, 2.45) is 5.92 Å². The van der Waals surface area contributed by atoms with E-state index >= 15 is 0 Å². The summed E-state index contributed by atoms with van der Waals surface area (Å²) < 4.78 is 5.22. The first-order valence-corrected chi connectivity index (χ1v) is 5.39. The molecular formula is C12H15NO3. The smallest absolute Gasteiger partial charge is 0.326 e. The van der Waals surface area contributed by atoms with Crippen LogP contribution in [0.5, 0.6) is 0 Å². The zero-order chi connectivity index (χ0) is 11.4. The highest BCUT2D eigenvalue weighted by atomic mass is 16.5. The van der Waals surface area contributed by atoms with Gasteiger partial charge in [0.1, 0.15) is 6.04 Å². The lowest BCUT2D eigenvalue weighted by Gasteiger charge is -2.20. The molecule has 0 radical (unpaired) electrons. The van der Waals surface area contributed by atoms with Crippen LogP contribution in [0.25, 0.3) is 0 Å². The van der Waals surface area contributed by atoms with Gasteiger partial charge in [-0.15, -0.1) is 0 Å². The minimum absolute atomic E-state index is 0.0534. The monoisotopic (exact) mass is 221 g/mol. The number of carboxylic acid groups (broad SMARTS) is 1. The van der Waals surface area contributed by atoms with Crippen LogP contribution in [0.2, 0.25) is 0 Å². The van der Waals surface area contributed by atoms with Crippen LogP contribution >= 0.6 is 0 Å². The van der Waals surface area contributed by atoms with Crippen molar-refractivity contribution >= 4 is 11.7 Å². The minimum Gasteiger partial charge on any atom is -0.480 e. The number of aliphatic carboxylic acids is 1. The van der Waals surface area contributed by atoms with Crippen molar-refractivity contribution in [2.45, 2.75) is 12.5 Å². The van der Waals surface area contributed by atoms with Gasteiger partial charge in [0.25, 0.3) is 0 Å². The van der Waals surface area contributed by atoms with Gasteiger partial charge in [0.2, 0.25) is 0 Å². The third kappa shape index (κ3) is 2.52. The fraction of sp³-hybridized carbons (Fsp3) is 0.417. The zero-order valence-electron chi connectivity index (χ0n) is 8.93. The molecule has 2 N–H and O–H groups in total. The summed E-state index contributed by atoms with van der Waals surface area (Å²) in [5.41, 5.74) is 0.835. The van der Waals surface area contributed by atoms with Crippen molar-refractivity contribution in [3.05, 3.63) is 30.3 Å². The maximum absolute atomic E-state index is 11.2. The molecule has 0 amide bonds. The Kier molecular flexibility index (Phi) is 3.41. The summed E-state index contributed by atoms with van der Waals surface area (Å²) in [5, 5.41) is 12.2. The third-order valence-corrected chi connectivity index (χ3v) is 2.80. The number of ether oxygens (including phenoxy) is 1.